The van der Waals surface area contributed by atoms with Crippen molar-refractivity contribution in [3.8, 4) is 0 Å². The zero-order chi connectivity index (χ0) is 22.0. The quantitative estimate of drug-likeness (QED) is 0.663. The lowest BCUT2D eigenvalue weighted by molar-refractivity contribution is -0.138. The van der Waals surface area contributed by atoms with Crippen LogP contribution in [0.15, 0.2) is 21.7 Å². The van der Waals surface area contributed by atoms with Gasteiger partial charge < -0.3 is 9.64 Å². The van der Waals surface area contributed by atoms with Crippen molar-refractivity contribution in [3.05, 3.63) is 17.5 Å². The van der Waals surface area contributed by atoms with E-state index in [4.69, 9.17) is 4.74 Å². The van der Waals surface area contributed by atoms with E-state index in [1.54, 1.807) is 17.5 Å². The number of hydrogen-bond acceptors (Lipinski definition) is 6. The SMILES string of the molecule is CC1CN(CC2CCN(C(=O)C3CCCN(S(=O)(=O)c4cccs4)C3)CC2)CC(C)O1. The van der Waals surface area contributed by atoms with Crippen molar-refractivity contribution in [2.24, 2.45) is 11.8 Å². The fourth-order valence-corrected chi connectivity index (χ4v) is 7.96. The van der Waals surface area contributed by atoms with Crippen LogP contribution in [0, 0.1) is 11.8 Å². The van der Waals surface area contributed by atoms with Gasteiger partial charge in [-0.3, -0.25) is 9.69 Å². The van der Waals surface area contributed by atoms with Crippen molar-refractivity contribution in [3.63, 3.8) is 0 Å². The molecule has 7 nitrogen and oxygen atoms in total. The maximum Gasteiger partial charge on any atom is 0.252 e. The van der Waals surface area contributed by atoms with E-state index in [0.717, 1.165) is 58.4 Å². The number of carbonyl (C=O) groups excluding carboxylic acids is 1. The van der Waals surface area contributed by atoms with Gasteiger partial charge in [0.1, 0.15) is 4.21 Å². The van der Waals surface area contributed by atoms with E-state index in [-0.39, 0.29) is 24.0 Å². The highest BCUT2D eigenvalue weighted by molar-refractivity contribution is 7.91. The second kappa shape index (κ2) is 9.87. The fourth-order valence-electron chi connectivity index (χ4n) is 5.29. The van der Waals surface area contributed by atoms with E-state index < -0.39 is 10.0 Å². The number of rotatable bonds is 5. The topological polar surface area (TPSA) is 70.2 Å². The molecule has 0 aliphatic carbocycles. The lowest BCUT2D eigenvalue weighted by Crippen LogP contribution is -2.50. The van der Waals surface area contributed by atoms with Gasteiger partial charge in [0.05, 0.1) is 18.1 Å². The molecule has 3 atom stereocenters. The molecule has 3 aliphatic rings. The molecular weight excluding hydrogens is 434 g/mol. The number of piperidine rings is 2. The molecule has 174 valence electrons. The van der Waals surface area contributed by atoms with Crippen molar-refractivity contribution < 1.29 is 17.9 Å². The molecule has 31 heavy (non-hydrogen) atoms. The molecule has 0 aromatic carbocycles. The van der Waals surface area contributed by atoms with Crippen molar-refractivity contribution in [2.75, 3.05) is 45.8 Å². The first kappa shape index (κ1) is 23.2. The summed E-state index contributed by atoms with van der Waals surface area (Å²) in [5.41, 5.74) is 0. The Morgan fingerprint density at radius 2 is 1.81 bits per heavy atom. The standard InChI is InChI=1S/C22H35N3O4S2/c1-17-13-23(14-18(2)29-17)15-19-7-10-24(11-8-19)22(26)20-5-3-9-25(16-20)31(27,28)21-6-4-12-30-21/h4,6,12,17-20H,3,5,7-11,13-16H2,1-2H3. The maximum absolute atomic E-state index is 13.2. The Labute approximate surface area is 190 Å². The Bertz CT molecular complexity index is 827. The summed E-state index contributed by atoms with van der Waals surface area (Å²) in [5.74, 6) is 0.530. The average Bonchev–Trinajstić information content (AvgIpc) is 3.29. The molecular formula is C22H35N3O4S2. The number of amides is 1. The van der Waals surface area contributed by atoms with Crippen LogP contribution in [0.2, 0.25) is 0 Å². The third kappa shape index (κ3) is 5.50. The average molecular weight is 470 g/mol. The van der Waals surface area contributed by atoms with E-state index in [1.165, 1.54) is 15.6 Å². The second-order valence-electron chi connectivity index (χ2n) is 9.38. The largest absolute Gasteiger partial charge is 0.373 e. The van der Waals surface area contributed by atoms with Crippen molar-refractivity contribution in [1.29, 1.82) is 0 Å². The van der Waals surface area contributed by atoms with E-state index in [2.05, 4.69) is 18.7 Å². The van der Waals surface area contributed by atoms with Gasteiger partial charge in [-0.1, -0.05) is 6.07 Å². The van der Waals surface area contributed by atoms with Gasteiger partial charge in [0, 0.05) is 45.8 Å². The molecule has 1 aromatic heterocycles. The minimum Gasteiger partial charge on any atom is -0.373 e. The zero-order valence-corrected chi connectivity index (χ0v) is 20.2. The molecule has 3 saturated heterocycles. The smallest absolute Gasteiger partial charge is 0.252 e. The molecule has 0 N–H and O–H groups in total. The van der Waals surface area contributed by atoms with Gasteiger partial charge in [-0.25, -0.2) is 8.42 Å². The van der Waals surface area contributed by atoms with Gasteiger partial charge in [-0.2, -0.15) is 4.31 Å². The van der Waals surface area contributed by atoms with Crippen LogP contribution in [0.3, 0.4) is 0 Å². The lowest BCUT2D eigenvalue weighted by Gasteiger charge is -2.40. The third-order valence-electron chi connectivity index (χ3n) is 6.76. The highest BCUT2D eigenvalue weighted by atomic mass is 32.2. The first-order chi connectivity index (χ1) is 14.8. The summed E-state index contributed by atoms with van der Waals surface area (Å²) in [7, 11) is -3.48. The molecule has 0 radical (unpaired) electrons. The number of thiophene rings is 1. The Hall–Kier alpha value is -1.00. The van der Waals surface area contributed by atoms with Gasteiger partial charge in [0.2, 0.25) is 5.91 Å². The van der Waals surface area contributed by atoms with Crippen LogP contribution in [-0.4, -0.2) is 86.5 Å². The van der Waals surface area contributed by atoms with E-state index in [9.17, 15) is 13.2 Å². The number of likely N-dealkylation sites (tertiary alicyclic amines) is 1. The first-order valence-corrected chi connectivity index (χ1v) is 13.8. The van der Waals surface area contributed by atoms with Crippen LogP contribution >= 0.6 is 11.3 Å². The van der Waals surface area contributed by atoms with Crippen molar-refractivity contribution in [2.45, 2.75) is 55.9 Å². The molecule has 0 saturated carbocycles. The molecule has 0 spiro atoms. The summed E-state index contributed by atoms with van der Waals surface area (Å²) >= 11 is 1.24. The summed E-state index contributed by atoms with van der Waals surface area (Å²) in [4.78, 5) is 17.7. The minimum atomic E-state index is -3.48. The molecule has 1 amide bonds. The van der Waals surface area contributed by atoms with Crippen LogP contribution in [0.4, 0.5) is 0 Å². The van der Waals surface area contributed by atoms with Crippen LogP contribution in [0.25, 0.3) is 0 Å². The Balaban J connectivity index is 1.28. The van der Waals surface area contributed by atoms with Gasteiger partial charge in [0.25, 0.3) is 10.0 Å². The molecule has 1 aromatic rings. The van der Waals surface area contributed by atoms with Gasteiger partial charge in [-0.15, -0.1) is 11.3 Å². The molecule has 0 bridgehead atoms. The van der Waals surface area contributed by atoms with Crippen molar-refractivity contribution >= 4 is 27.3 Å². The highest BCUT2D eigenvalue weighted by Crippen LogP contribution is 2.29. The third-order valence-corrected chi connectivity index (χ3v) is 10.00. The number of nitrogens with zero attached hydrogens (tertiary/aromatic N) is 3. The van der Waals surface area contributed by atoms with Gasteiger partial charge in [0.15, 0.2) is 0 Å². The molecule has 3 aliphatic heterocycles. The lowest BCUT2D eigenvalue weighted by atomic mass is 9.93. The summed E-state index contributed by atoms with van der Waals surface area (Å²) in [6, 6.07) is 3.40. The summed E-state index contributed by atoms with van der Waals surface area (Å²) in [6.45, 7) is 9.70. The molecule has 3 fully saturated rings. The second-order valence-corrected chi connectivity index (χ2v) is 12.5. The van der Waals surface area contributed by atoms with Crippen molar-refractivity contribution in [1.82, 2.24) is 14.1 Å². The highest BCUT2D eigenvalue weighted by Gasteiger charge is 2.36. The number of sulfonamides is 1. The number of carbonyl (C=O) groups is 1. The summed E-state index contributed by atoms with van der Waals surface area (Å²) in [6.07, 6.45) is 4.13. The predicted molar refractivity (Wildman–Crippen MR) is 122 cm³/mol. The Morgan fingerprint density at radius 3 is 2.45 bits per heavy atom. The number of hydrogen-bond donors (Lipinski definition) is 0. The zero-order valence-electron chi connectivity index (χ0n) is 18.6. The summed E-state index contributed by atoms with van der Waals surface area (Å²) < 4.78 is 33.5. The van der Waals surface area contributed by atoms with E-state index in [0.29, 0.717) is 23.2 Å². The monoisotopic (exact) mass is 469 g/mol. The number of morpholine rings is 1. The van der Waals surface area contributed by atoms with Crippen LogP contribution in [-0.2, 0) is 19.6 Å². The van der Waals surface area contributed by atoms with Crippen LogP contribution < -0.4 is 0 Å². The summed E-state index contributed by atoms with van der Waals surface area (Å²) in [5, 5.41) is 1.78. The number of ether oxygens (including phenoxy) is 1. The molecule has 9 heteroatoms. The maximum atomic E-state index is 13.2. The molecule has 4 heterocycles. The van der Waals surface area contributed by atoms with Gasteiger partial charge >= 0.3 is 0 Å². The van der Waals surface area contributed by atoms with Crippen LogP contribution in [0.5, 0.6) is 0 Å². The van der Waals surface area contributed by atoms with E-state index in [1.807, 2.05) is 4.90 Å². The normalized spacial score (nSPS) is 29.9. The fraction of sp³-hybridized carbons (Fsp3) is 0.773. The van der Waals surface area contributed by atoms with E-state index >= 15 is 0 Å². The molecule has 4 rings (SSSR count). The minimum absolute atomic E-state index is 0.137. The first-order valence-electron chi connectivity index (χ1n) is 11.5. The molecule has 3 unspecified atom stereocenters. The predicted octanol–water partition coefficient (Wildman–Crippen LogP) is 2.50. The Kier molecular flexibility index (Phi) is 7.37. The Morgan fingerprint density at radius 1 is 1.10 bits per heavy atom. The van der Waals surface area contributed by atoms with Crippen LogP contribution in [0.1, 0.15) is 39.5 Å². The van der Waals surface area contributed by atoms with Gasteiger partial charge in [-0.05, 0) is 56.9 Å².